The molecule has 0 aliphatic carbocycles. The van der Waals surface area contributed by atoms with Crippen LogP contribution in [0, 0.1) is 6.92 Å². The fourth-order valence-corrected chi connectivity index (χ4v) is 1.51. The summed E-state index contributed by atoms with van der Waals surface area (Å²) in [7, 11) is 0. The molecule has 1 saturated heterocycles. The zero-order valence-electron chi connectivity index (χ0n) is 8.65. The van der Waals surface area contributed by atoms with E-state index in [0.717, 1.165) is 0 Å². The molecule has 0 bridgehead atoms. The minimum atomic E-state index is -0.501. The first-order chi connectivity index (χ1) is 7.56. The van der Waals surface area contributed by atoms with E-state index in [0.29, 0.717) is 12.1 Å². The summed E-state index contributed by atoms with van der Waals surface area (Å²) in [5, 5.41) is 2.49. The molecule has 1 unspecified atom stereocenters. The van der Waals surface area contributed by atoms with E-state index >= 15 is 0 Å². The van der Waals surface area contributed by atoms with Crippen molar-refractivity contribution in [3.05, 3.63) is 32.6 Å². The predicted octanol–water partition coefficient (Wildman–Crippen LogP) is -1.05. The smallest absolute Gasteiger partial charge is 0.407 e. The van der Waals surface area contributed by atoms with Crippen molar-refractivity contribution >= 4 is 6.09 Å². The summed E-state index contributed by atoms with van der Waals surface area (Å²) in [5.41, 5.74) is -0.460. The van der Waals surface area contributed by atoms with E-state index in [1.165, 1.54) is 10.8 Å². The largest absolute Gasteiger partial charge is 0.442 e. The number of aromatic nitrogens is 2. The number of nitrogens with zero attached hydrogens (tertiary/aromatic N) is 1. The van der Waals surface area contributed by atoms with Crippen LogP contribution in [0.4, 0.5) is 4.79 Å². The van der Waals surface area contributed by atoms with Gasteiger partial charge in [0.2, 0.25) is 0 Å². The van der Waals surface area contributed by atoms with Gasteiger partial charge in [0.05, 0.1) is 13.1 Å². The van der Waals surface area contributed by atoms with E-state index in [1.807, 2.05) is 0 Å². The number of H-pyrrole nitrogens is 1. The summed E-state index contributed by atoms with van der Waals surface area (Å²) in [6, 6.07) is 0. The lowest BCUT2D eigenvalue weighted by Gasteiger charge is -2.09. The molecule has 7 heteroatoms. The van der Waals surface area contributed by atoms with Crippen molar-refractivity contribution in [2.24, 2.45) is 0 Å². The average Bonchev–Trinajstić information content (AvgIpc) is 2.60. The number of aryl methyl sites for hydroxylation is 1. The van der Waals surface area contributed by atoms with Crippen LogP contribution < -0.4 is 16.6 Å². The lowest BCUT2D eigenvalue weighted by atomic mass is 10.3. The van der Waals surface area contributed by atoms with Crippen LogP contribution in [-0.2, 0) is 11.3 Å². The zero-order chi connectivity index (χ0) is 11.7. The van der Waals surface area contributed by atoms with Crippen molar-refractivity contribution in [1.29, 1.82) is 0 Å². The Morgan fingerprint density at radius 2 is 2.25 bits per heavy atom. The van der Waals surface area contributed by atoms with Crippen molar-refractivity contribution in [3.8, 4) is 0 Å². The molecule has 0 aromatic carbocycles. The van der Waals surface area contributed by atoms with E-state index < -0.39 is 17.3 Å². The average molecular weight is 225 g/mol. The molecule has 0 radical (unpaired) electrons. The maximum absolute atomic E-state index is 11.4. The SMILES string of the molecule is Cc1cn(CC2CNC(=O)O2)c(=O)[nH]c1=O. The minimum absolute atomic E-state index is 0.231. The maximum Gasteiger partial charge on any atom is 0.407 e. The van der Waals surface area contributed by atoms with Crippen molar-refractivity contribution in [3.63, 3.8) is 0 Å². The van der Waals surface area contributed by atoms with Crippen LogP contribution in [-0.4, -0.2) is 28.3 Å². The third-order valence-corrected chi connectivity index (χ3v) is 2.34. The summed E-state index contributed by atoms with van der Waals surface area (Å²) in [4.78, 5) is 35.5. The van der Waals surface area contributed by atoms with E-state index in [2.05, 4.69) is 10.3 Å². The minimum Gasteiger partial charge on any atom is -0.442 e. The number of amides is 1. The molecular weight excluding hydrogens is 214 g/mol. The number of alkyl carbamates (subject to hydrolysis) is 1. The Morgan fingerprint density at radius 3 is 2.88 bits per heavy atom. The van der Waals surface area contributed by atoms with Crippen LogP contribution in [0.5, 0.6) is 0 Å². The Hall–Kier alpha value is -2.05. The first kappa shape index (κ1) is 10.5. The molecular formula is C9H11N3O4. The quantitative estimate of drug-likeness (QED) is 0.671. The number of cyclic esters (lactones) is 1. The van der Waals surface area contributed by atoms with E-state index in [4.69, 9.17) is 4.74 Å². The highest BCUT2D eigenvalue weighted by atomic mass is 16.6. The summed E-state index contributed by atoms with van der Waals surface area (Å²) < 4.78 is 6.21. The molecule has 2 heterocycles. The van der Waals surface area contributed by atoms with Crippen molar-refractivity contribution < 1.29 is 9.53 Å². The van der Waals surface area contributed by atoms with E-state index in [-0.39, 0.29) is 12.6 Å². The molecule has 2 N–H and O–H groups in total. The highest BCUT2D eigenvalue weighted by Crippen LogP contribution is 2.01. The van der Waals surface area contributed by atoms with Gasteiger partial charge >= 0.3 is 11.8 Å². The molecule has 16 heavy (non-hydrogen) atoms. The fourth-order valence-electron chi connectivity index (χ4n) is 1.51. The third kappa shape index (κ3) is 1.97. The van der Waals surface area contributed by atoms with E-state index in [9.17, 15) is 14.4 Å². The van der Waals surface area contributed by atoms with Gasteiger partial charge in [-0.15, -0.1) is 0 Å². The van der Waals surface area contributed by atoms with Crippen LogP contribution in [0.1, 0.15) is 5.56 Å². The standard InChI is InChI=1S/C9H11N3O4/c1-5-3-12(8(14)11-7(5)13)4-6-2-10-9(15)16-6/h3,6H,2,4H2,1H3,(H,10,15)(H,11,13,14). The molecule has 1 aromatic rings. The molecule has 1 amide bonds. The van der Waals surface area contributed by atoms with Crippen molar-refractivity contribution in [2.45, 2.75) is 19.6 Å². The highest BCUT2D eigenvalue weighted by Gasteiger charge is 2.23. The lowest BCUT2D eigenvalue weighted by Crippen LogP contribution is -2.34. The number of carbonyl (C=O) groups is 1. The Kier molecular flexibility index (Phi) is 2.51. The summed E-state index contributed by atoms with van der Waals surface area (Å²) >= 11 is 0. The van der Waals surface area contributed by atoms with Gasteiger partial charge in [0.15, 0.2) is 0 Å². The van der Waals surface area contributed by atoms with Crippen LogP contribution in [0.2, 0.25) is 0 Å². The Morgan fingerprint density at radius 1 is 1.50 bits per heavy atom. The van der Waals surface area contributed by atoms with Gasteiger partial charge in [0.25, 0.3) is 5.56 Å². The molecule has 86 valence electrons. The van der Waals surface area contributed by atoms with Gasteiger partial charge in [-0.1, -0.05) is 0 Å². The molecule has 1 aromatic heterocycles. The molecule has 7 nitrogen and oxygen atoms in total. The number of carbonyl (C=O) groups excluding carboxylic acids is 1. The molecule has 0 saturated carbocycles. The Balaban J connectivity index is 2.22. The van der Waals surface area contributed by atoms with Crippen molar-refractivity contribution in [2.75, 3.05) is 6.54 Å². The molecule has 1 atom stereocenters. The van der Waals surface area contributed by atoms with E-state index in [1.54, 1.807) is 6.92 Å². The first-order valence-electron chi connectivity index (χ1n) is 4.81. The van der Waals surface area contributed by atoms with Crippen LogP contribution in [0.25, 0.3) is 0 Å². The monoisotopic (exact) mass is 225 g/mol. The van der Waals surface area contributed by atoms with Gasteiger partial charge in [-0.2, -0.15) is 0 Å². The molecule has 1 aliphatic rings. The van der Waals surface area contributed by atoms with Gasteiger partial charge in [-0.25, -0.2) is 9.59 Å². The topological polar surface area (TPSA) is 93.2 Å². The molecule has 1 fully saturated rings. The van der Waals surface area contributed by atoms with Gasteiger partial charge in [-0.05, 0) is 6.92 Å². The second-order valence-corrected chi connectivity index (χ2v) is 3.63. The van der Waals surface area contributed by atoms with Crippen LogP contribution in [0.15, 0.2) is 15.8 Å². The molecule has 1 aliphatic heterocycles. The number of aromatic amines is 1. The second kappa shape index (κ2) is 3.84. The maximum atomic E-state index is 11.4. The van der Waals surface area contributed by atoms with Gasteiger partial charge in [0.1, 0.15) is 6.10 Å². The summed E-state index contributed by atoms with van der Waals surface area (Å²) in [5.74, 6) is 0. The summed E-state index contributed by atoms with van der Waals surface area (Å²) in [6.45, 7) is 2.20. The number of ether oxygens (including phenoxy) is 1. The zero-order valence-corrected chi connectivity index (χ0v) is 8.65. The number of hydrogen-bond acceptors (Lipinski definition) is 4. The van der Waals surface area contributed by atoms with Gasteiger partial charge in [0, 0.05) is 11.8 Å². The Labute approximate surface area is 90.0 Å². The number of rotatable bonds is 2. The molecule has 0 spiro atoms. The van der Waals surface area contributed by atoms with Gasteiger partial charge < -0.3 is 10.1 Å². The predicted molar refractivity (Wildman–Crippen MR) is 54.3 cm³/mol. The fraction of sp³-hybridized carbons (Fsp3) is 0.444. The Bertz CT molecular complexity index is 530. The third-order valence-electron chi connectivity index (χ3n) is 2.34. The van der Waals surface area contributed by atoms with Crippen LogP contribution in [0.3, 0.4) is 0 Å². The number of nitrogens with one attached hydrogen (secondary N) is 2. The van der Waals surface area contributed by atoms with Gasteiger partial charge in [-0.3, -0.25) is 14.3 Å². The highest BCUT2D eigenvalue weighted by molar-refractivity contribution is 5.69. The van der Waals surface area contributed by atoms with Crippen molar-refractivity contribution in [1.82, 2.24) is 14.9 Å². The molecule has 2 rings (SSSR count). The first-order valence-corrected chi connectivity index (χ1v) is 4.81. The summed E-state index contributed by atoms with van der Waals surface area (Å²) in [6.07, 6.45) is 0.586. The normalized spacial score (nSPS) is 19.3. The second-order valence-electron chi connectivity index (χ2n) is 3.63. The lowest BCUT2D eigenvalue weighted by molar-refractivity contribution is 0.130. The number of hydrogen-bond donors (Lipinski definition) is 2. The van der Waals surface area contributed by atoms with Crippen LogP contribution >= 0.6 is 0 Å².